The van der Waals surface area contributed by atoms with Gasteiger partial charge in [0, 0.05) is 23.7 Å². The number of hydrogen-bond donors (Lipinski definition) is 2. The molecule has 0 saturated carbocycles. The van der Waals surface area contributed by atoms with Gasteiger partial charge in [0.2, 0.25) is 10.0 Å². The predicted molar refractivity (Wildman–Crippen MR) is 61.1 cm³/mol. The molecule has 0 amide bonds. The Balaban J connectivity index is 2.43. The molecule has 0 spiro atoms. The molecule has 1 aromatic rings. The predicted octanol–water partition coefficient (Wildman–Crippen LogP) is 0.857. The first-order valence-corrected chi connectivity index (χ1v) is 6.63. The first kappa shape index (κ1) is 13.4. The van der Waals surface area contributed by atoms with Gasteiger partial charge >= 0.3 is 0 Å². The zero-order valence-electron chi connectivity index (χ0n) is 8.41. The van der Waals surface area contributed by atoms with Gasteiger partial charge in [0.1, 0.15) is 5.82 Å². The molecule has 0 fully saturated rings. The van der Waals surface area contributed by atoms with Crippen LogP contribution in [0.3, 0.4) is 0 Å². The second kappa shape index (κ2) is 5.58. The summed E-state index contributed by atoms with van der Waals surface area (Å²) in [5, 5.41) is 7.91. The van der Waals surface area contributed by atoms with E-state index in [9.17, 15) is 12.8 Å². The van der Waals surface area contributed by atoms with Crippen LogP contribution in [0.2, 0.25) is 5.02 Å². The molecule has 0 saturated heterocycles. The second-order valence-corrected chi connectivity index (χ2v) is 5.45. The fraction of sp³-hybridized carbons (Fsp3) is 0.333. The lowest BCUT2D eigenvalue weighted by Gasteiger charge is -2.05. The topological polar surface area (TPSA) is 72.2 Å². The largest absolute Gasteiger partial charge is 0.312 e. The summed E-state index contributed by atoms with van der Waals surface area (Å²) in [6.45, 7) is 0.416. The molecule has 0 radical (unpaired) electrons. The summed E-state index contributed by atoms with van der Waals surface area (Å²) in [6.07, 6.45) is 0. The molecule has 0 bridgehead atoms. The van der Waals surface area contributed by atoms with Crippen LogP contribution >= 0.6 is 11.6 Å². The number of nitrogens with two attached hydrogens (primary N) is 1. The molecule has 16 heavy (non-hydrogen) atoms. The quantitative estimate of drug-likeness (QED) is 0.777. The molecule has 0 heterocycles. The number of benzene rings is 1. The third-order valence-corrected chi connectivity index (χ3v) is 2.90. The zero-order valence-corrected chi connectivity index (χ0v) is 9.98. The van der Waals surface area contributed by atoms with Gasteiger partial charge in [-0.1, -0.05) is 17.7 Å². The minimum Gasteiger partial charge on any atom is -0.312 e. The van der Waals surface area contributed by atoms with Crippen molar-refractivity contribution in [1.82, 2.24) is 5.32 Å². The van der Waals surface area contributed by atoms with E-state index < -0.39 is 15.8 Å². The Bertz CT molecular complexity index is 465. The van der Waals surface area contributed by atoms with E-state index in [-0.39, 0.29) is 18.8 Å². The Kier molecular flexibility index (Phi) is 4.67. The molecule has 0 atom stereocenters. The van der Waals surface area contributed by atoms with E-state index in [1.165, 1.54) is 6.07 Å². The van der Waals surface area contributed by atoms with Gasteiger partial charge in [0.05, 0.1) is 5.75 Å². The number of rotatable bonds is 5. The number of halogens is 2. The highest BCUT2D eigenvalue weighted by Gasteiger charge is 2.04. The van der Waals surface area contributed by atoms with E-state index in [2.05, 4.69) is 5.32 Å². The van der Waals surface area contributed by atoms with E-state index in [1.807, 2.05) is 0 Å². The Labute approximate surface area is 98.6 Å². The molecule has 0 aliphatic heterocycles. The van der Waals surface area contributed by atoms with E-state index in [0.29, 0.717) is 10.6 Å². The molecule has 1 rings (SSSR count). The summed E-state index contributed by atoms with van der Waals surface area (Å²) in [5.74, 6) is -0.599. The van der Waals surface area contributed by atoms with Crippen molar-refractivity contribution in [2.45, 2.75) is 6.54 Å². The Morgan fingerprint density at radius 1 is 1.44 bits per heavy atom. The van der Waals surface area contributed by atoms with Crippen LogP contribution in [-0.2, 0) is 16.6 Å². The third kappa shape index (κ3) is 4.89. The molecule has 4 nitrogen and oxygen atoms in total. The summed E-state index contributed by atoms with van der Waals surface area (Å²) in [4.78, 5) is 0. The monoisotopic (exact) mass is 266 g/mol. The Morgan fingerprint density at radius 2 is 2.12 bits per heavy atom. The molecule has 3 N–H and O–H groups in total. The normalized spacial score (nSPS) is 11.7. The van der Waals surface area contributed by atoms with E-state index in [4.69, 9.17) is 16.7 Å². The molecule has 0 unspecified atom stereocenters. The first-order chi connectivity index (χ1) is 7.38. The van der Waals surface area contributed by atoms with Crippen molar-refractivity contribution in [2.24, 2.45) is 5.14 Å². The van der Waals surface area contributed by atoms with Crippen LogP contribution in [0.5, 0.6) is 0 Å². The lowest BCUT2D eigenvalue weighted by atomic mass is 10.2. The van der Waals surface area contributed by atoms with Crippen LogP contribution in [-0.4, -0.2) is 20.7 Å². The number of hydrogen-bond acceptors (Lipinski definition) is 3. The van der Waals surface area contributed by atoms with Crippen molar-refractivity contribution in [3.63, 3.8) is 0 Å². The number of sulfonamides is 1. The highest BCUT2D eigenvalue weighted by molar-refractivity contribution is 7.89. The van der Waals surface area contributed by atoms with Crippen LogP contribution in [0, 0.1) is 5.82 Å². The molecular formula is C9H12ClFN2O2S. The smallest absolute Gasteiger partial charge is 0.210 e. The van der Waals surface area contributed by atoms with E-state index in [1.54, 1.807) is 12.1 Å². The first-order valence-electron chi connectivity index (χ1n) is 4.53. The van der Waals surface area contributed by atoms with Crippen molar-refractivity contribution in [1.29, 1.82) is 0 Å². The van der Waals surface area contributed by atoms with Crippen LogP contribution in [0.1, 0.15) is 5.56 Å². The van der Waals surface area contributed by atoms with Gasteiger partial charge in [0.25, 0.3) is 0 Å². The van der Waals surface area contributed by atoms with Crippen LogP contribution in [0.4, 0.5) is 4.39 Å². The zero-order chi connectivity index (χ0) is 12.2. The summed E-state index contributed by atoms with van der Waals surface area (Å²) in [7, 11) is -3.47. The molecule has 7 heteroatoms. The standard InChI is InChI=1S/C9H12ClFN2O2S/c10-8-2-1-7(9(11)5-8)6-13-3-4-16(12,14)15/h1-2,5,13H,3-4,6H2,(H2,12,14,15). The maximum absolute atomic E-state index is 13.2. The number of primary sulfonamides is 1. The molecular weight excluding hydrogens is 255 g/mol. The fourth-order valence-electron chi connectivity index (χ4n) is 1.10. The summed E-state index contributed by atoms with van der Waals surface area (Å²) in [6, 6.07) is 4.32. The van der Waals surface area contributed by atoms with Gasteiger partial charge in [-0.25, -0.2) is 17.9 Å². The average Bonchev–Trinajstić information content (AvgIpc) is 2.13. The van der Waals surface area contributed by atoms with Gasteiger partial charge in [-0.3, -0.25) is 0 Å². The van der Waals surface area contributed by atoms with Crippen molar-refractivity contribution < 1.29 is 12.8 Å². The summed E-state index contributed by atoms with van der Waals surface area (Å²) < 4.78 is 34.4. The van der Waals surface area contributed by atoms with Crippen molar-refractivity contribution in [2.75, 3.05) is 12.3 Å². The molecule has 1 aromatic carbocycles. The van der Waals surface area contributed by atoms with Gasteiger partial charge in [-0.15, -0.1) is 0 Å². The van der Waals surface area contributed by atoms with Gasteiger partial charge in [-0.2, -0.15) is 0 Å². The van der Waals surface area contributed by atoms with E-state index >= 15 is 0 Å². The second-order valence-electron chi connectivity index (χ2n) is 3.28. The van der Waals surface area contributed by atoms with Gasteiger partial charge in [-0.05, 0) is 12.1 Å². The summed E-state index contributed by atoms with van der Waals surface area (Å²) >= 11 is 5.58. The van der Waals surface area contributed by atoms with Crippen molar-refractivity contribution in [3.8, 4) is 0 Å². The SMILES string of the molecule is NS(=O)(=O)CCNCc1ccc(Cl)cc1F. The highest BCUT2D eigenvalue weighted by Crippen LogP contribution is 2.14. The lowest BCUT2D eigenvalue weighted by Crippen LogP contribution is -2.27. The van der Waals surface area contributed by atoms with Crippen molar-refractivity contribution in [3.05, 3.63) is 34.6 Å². The van der Waals surface area contributed by atoms with Gasteiger partial charge in [0.15, 0.2) is 0 Å². The minimum atomic E-state index is -3.47. The minimum absolute atomic E-state index is 0.178. The van der Waals surface area contributed by atoms with Crippen LogP contribution < -0.4 is 10.5 Å². The highest BCUT2D eigenvalue weighted by atomic mass is 35.5. The molecule has 0 aliphatic rings. The van der Waals surface area contributed by atoms with Gasteiger partial charge < -0.3 is 5.32 Å². The van der Waals surface area contributed by atoms with Crippen LogP contribution in [0.15, 0.2) is 18.2 Å². The summed E-state index contributed by atoms with van der Waals surface area (Å²) in [5.41, 5.74) is 0.429. The Hall–Kier alpha value is -0.690. The third-order valence-electron chi connectivity index (χ3n) is 1.89. The average molecular weight is 267 g/mol. The fourth-order valence-corrected chi connectivity index (χ4v) is 1.69. The van der Waals surface area contributed by atoms with Crippen molar-refractivity contribution >= 4 is 21.6 Å². The number of nitrogens with one attached hydrogen (secondary N) is 1. The molecule has 90 valence electrons. The van der Waals surface area contributed by atoms with E-state index in [0.717, 1.165) is 0 Å². The molecule has 0 aliphatic carbocycles. The van der Waals surface area contributed by atoms with Crippen LogP contribution in [0.25, 0.3) is 0 Å². The molecule has 0 aromatic heterocycles. The lowest BCUT2D eigenvalue weighted by molar-refractivity contribution is 0.583. The maximum atomic E-state index is 13.2. The maximum Gasteiger partial charge on any atom is 0.210 e. The Morgan fingerprint density at radius 3 is 2.69 bits per heavy atom.